The summed E-state index contributed by atoms with van der Waals surface area (Å²) in [6.45, 7) is 0. The fraction of sp³-hybridized carbons (Fsp3) is 0.538. The highest BCUT2D eigenvalue weighted by Crippen LogP contribution is 2.39. The molecule has 2 rings (SSSR count). The lowest BCUT2D eigenvalue weighted by Gasteiger charge is -2.38. The van der Waals surface area contributed by atoms with Gasteiger partial charge in [-0.3, -0.25) is 0 Å². The molecule has 0 amide bonds. The second-order valence-corrected chi connectivity index (χ2v) is 4.54. The lowest BCUT2D eigenvalue weighted by molar-refractivity contribution is -0.0477. The predicted molar refractivity (Wildman–Crippen MR) is 68.8 cm³/mol. The van der Waals surface area contributed by atoms with Crippen molar-refractivity contribution in [2.24, 2.45) is 5.73 Å². The van der Waals surface area contributed by atoms with Gasteiger partial charge in [0.2, 0.25) is 0 Å². The molecule has 0 spiro atoms. The lowest BCUT2D eigenvalue weighted by Crippen LogP contribution is -2.38. The van der Waals surface area contributed by atoms with Crippen molar-refractivity contribution < 1.29 is 9.13 Å². The average Bonchev–Trinajstić information content (AvgIpc) is 2.32. The van der Waals surface area contributed by atoms with Gasteiger partial charge in [-0.2, -0.15) is 0 Å². The van der Waals surface area contributed by atoms with Crippen molar-refractivity contribution in [3.05, 3.63) is 35.6 Å². The van der Waals surface area contributed by atoms with Gasteiger partial charge in [0.1, 0.15) is 5.82 Å². The number of halogens is 2. The smallest absolute Gasteiger partial charge is 0.123 e. The summed E-state index contributed by atoms with van der Waals surface area (Å²) in [5.41, 5.74) is 6.70. The Morgan fingerprint density at radius 3 is 2.24 bits per heavy atom. The Morgan fingerprint density at radius 1 is 1.24 bits per heavy atom. The van der Waals surface area contributed by atoms with Crippen LogP contribution >= 0.6 is 12.4 Å². The molecule has 0 heterocycles. The minimum absolute atomic E-state index is 0. The zero-order valence-electron chi connectivity index (χ0n) is 9.99. The van der Waals surface area contributed by atoms with E-state index in [1.54, 1.807) is 7.11 Å². The summed E-state index contributed by atoms with van der Waals surface area (Å²) in [4.78, 5) is 0. The van der Waals surface area contributed by atoms with E-state index in [9.17, 15) is 4.39 Å². The summed E-state index contributed by atoms with van der Waals surface area (Å²) in [6.07, 6.45) is 3.75. The molecule has 0 aromatic heterocycles. The summed E-state index contributed by atoms with van der Waals surface area (Å²) in [6, 6.07) is 6.89. The van der Waals surface area contributed by atoms with E-state index in [2.05, 4.69) is 0 Å². The first-order chi connectivity index (χ1) is 7.66. The number of ether oxygens (including phenoxy) is 1. The topological polar surface area (TPSA) is 35.2 Å². The van der Waals surface area contributed by atoms with Gasteiger partial charge in [-0.05, 0) is 43.4 Å². The van der Waals surface area contributed by atoms with E-state index < -0.39 is 0 Å². The predicted octanol–water partition coefficient (Wildman–Crippen LogP) is 2.99. The Hall–Kier alpha value is -0.640. The highest BCUT2D eigenvalue weighted by molar-refractivity contribution is 5.85. The molecule has 0 radical (unpaired) electrons. The van der Waals surface area contributed by atoms with Gasteiger partial charge in [-0.1, -0.05) is 12.1 Å². The van der Waals surface area contributed by atoms with Gasteiger partial charge >= 0.3 is 0 Å². The van der Waals surface area contributed by atoms with Gasteiger partial charge < -0.3 is 10.5 Å². The molecular weight excluding hydrogens is 241 g/mol. The summed E-state index contributed by atoms with van der Waals surface area (Å²) >= 11 is 0. The first-order valence-electron chi connectivity index (χ1n) is 5.73. The highest BCUT2D eigenvalue weighted by atomic mass is 35.5. The number of hydrogen-bond acceptors (Lipinski definition) is 2. The van der Waals surface area contributed by atoms with Crippen molar-refractivity contribution in [1.82, 2.24) is 0 Å². The van der Waals surface area contributed by atoms with Crippen LogP contribution in [0.15, 0.2) is 24.3 Å². The van der Waals surface area contributed by atoms with E-state index in [4.69, 9.17) is 10.5 Å². The third-order valence-electron chi connectivity index (χ3n) is 3.60. The fourth-order valence-electron chi connectivity index (χ4n) is 2.47. The Balaban J connectivity index is 0.00000144. The molecule has 0 atom stereocenters. The number of methoxy groups -OCH3 is 1. The minimum atomic E-state index is -0.260. The van der Waals surface area contributed by atoms with Gasteiger partial charge in [-0.25, -0.2) is 4.39 Å². The van der Waals surface area contributed by atoms with Crippen molar-refractivity contribution in [2.75, 3.05) is 7.11 Å². The summed E-state index contributed by atoms with van der Waals surface area (Å²) in [5.74, 6) is -0.206. The fourth-order valence-corrected chi connectivity index (χ4v) is 2.47. The SMILES string of the molecule is COC1(c2ccc(F)cc2)CCC(N)CC1.Cl. The normalized spacial score (nSPS) is 28.5. The maximum Gasteiger partial charge on any atom is 0.123 e. The molecule has 0 unspecified atom stereocenters. The Bertz CT molecular complexity index is 347. The molecule has 1 aromatic rings. The van der Waals surface area contributed by atoms with Crippen LogP contribution in [0.5, 0.6) is 0 Å². The van der Waals surface area contributed by atoms with Crippen LogP contribution in [-0.2, 0) is 10.3 Å². The molecule has 1 aromatic carbocycles. The molecule has 96 valence electrons. The molecule has 1 aliphatic rings. The van der Waals surface area contributed by atoms with Crippen molar-refractivity contribution in [2.45, 2.75) is 37.3 Å². The molecule has 2 nitrogen and oxygen atoms in total. The van der Waals surface area contributed by atoms with Gasteiger partial charge in [0.25, 0.3) is 0 Å². The zero-order chi connectivity index (χ0) is 11.6. The van der Waals surface area contributed by atoms with E-state index in [1.807, 2.05) is 12.1 Å². The summed E-state index contributed by atoms with van der Waals surface area (Å²) < 4.78 is 18.6. The molecule has 0 saturated heterocycles. The second-order valence-electron chi connectivity index (χ2n) is 4.54. The standard InChI is InChI=1S/C13H18FNO.ClH/c1-16-13(8-6-12(15)7-9-13)10-2-4-11(14)5-3-10;/h2-5,12H,6-9,15H2,1H3;1H. The molecule has 1 fully saturated rings. The highest BCUT2D eigenvalue weighted by Gasteiger charge is 2.35. The zero-order valence-corrected chi connectivity index (χ0v) is 10.8. The first kappa shape index (κ1) is 14.4. The monoisotopic (exact) mass is 259 g/mol. The summed E-state index contributed by atoms with van der Waals surface area (Å²) in [7, 11) is 1.72. The maximum absolute atomic E-state index is 12.9. The molecule has 0 bridgehead atoms. The molecule has 4 heteroatoms. The van der Waals surface area contributed by atoms with Crippen molar-refractivity contribution in [3.63, 3.8) is 0 Å². The Kier molecular flexibility index (Phi) is 4.92. The van der Waals surface area contributed by atoms with E-state index >= 15 is 0 Å². The number of nitrogens with two attached hydrogens (primary N) is 1. The van der Waals surface area contributed by atoms with E-state index in [0.717, 1.165) is 31.2 Å². The van der Waals surface area contributed by atoms with Crippen molar-refractivity contribution in [3.8, 4) is 0 Å². The first-order valence-corrected chi connectivity index (χ1v) is 5.73. The molecule has 2 N–H and O–H groups in total. The van der Waals surface area contributed by atoms with Crippen molar-refractivity contribution >= 4 is 12.4 Å². The van der Waals surface area contributed by atoms with Crippen LogP contribution in [0.1, 0.15) is 31.2 Å². The average molecular weight is 260 g/mol. The molecule has 1 saturated carbocycles. The van der Waals surface area contributed by atoms with Gasteiger partial charge in [0, 0.05) is 13.2 Å². The Labute approximate surface area is 108 Å². The molecule has 0 aliphatic heterocycles. The van der Waals surface area contributed by atoms with Crippen LogP contribution in [0.25, 0.3) is 0 Å². The van der Waals surface area contributed by atoms with Crippen LogP contribution in [0.4, 0.5) is 4.39 Å². The van der Waals surface area contributed by atoms with E-state index in [-0.39, 0.29) is 29.9 Å². The lowest BCUT2D eigenvalue weighted by atomic mass is 9.78. The molecular formula is C13H19ClFNO. The van der Waals surface area contributed by atoms with Crippen LogP contribution < -0.4 is 5.73 Å². The van der Waals surface area contributed by atoms with Gasteiger partial charge in [0.15, 0.2) is 0 Å². The molecule has 17 heavy (non-hydrogen) atoms. The Morgan fingerprint density at radius 2 is 1.76 bits per heavy atom. The van der Waals surface area contributed by atoms with E-state index in [1.165, 1.54) is 12.1 Å². The van der Waals surface area contributed by atoms with Gasteiger partial charge in [0.05, 0.1) is 5.60 Å². The number of hydrogen-bond donors (Lipinski definition) is 1. The third-order valence-corrected chi connectivity index (χ3v) is 3.60. The minimum Gasteiger partial charge on any atom is -0.374 e. The van der Waals surface area contributed by atoms with Crippen LogP contribution in [-0.4, -0.2) is 13.2 Å². The summed E-state index contributed by atoms with van der Waals surface area (Å²) in [5, 5.41) is 0. The third kappa shape index (κ3) is 2.97. The van der Waals surface area contributed by atoms with E-state index in [0.29, 0.717) is 0 Å². The number of rotatable bonds is 2. The van der Waals surface area contributed by atoms with Crippen molar-refractivity contribution in [1.29, 1.82) is 0 Å². The van der Waals surface area contributed by atoms with Crippen LogP contribution in [0, 0.1) is 5.82 Å². The van der Waals surface area contributed by atoms with Crippen LogP contribution in [0.3, 0.4) is 0 Å². The second kappa shape index (κ2) is 5.80. The maximum atomic E-state index is 12.9. The largest absolute Gasteiger partial charge is 0.374 e. The molecule has 1 aliphatic carbocycles. The van der Waals surface area contributed by atoms with Crippen LogP contribution in [0.2, 0.25) is 0 Å². The van der Waals surface area contributed by atoms with Gasteiger partial charge in [-0.15, -0.1) is 12.4 Å². The quantitative estimate of drug-likeness (QED) is 0.886. The number of benzene rings is 1.